The van der Waals surface area contributed by atoms with Crippen molar-refractivity contribution in [3.8, 4) is 5.75 Å². The quantitative estimate of drug-likeness (QED) is 0.612. The molecule has 0 aliphatic carbocycles. The zero-order valence-electron chi connectivity index (χ0n) is 18.6. The molecule has 0 bridgehead atoms. The van der Waals surface area contributed by atoms with E-state index in [0.29, 0.717) is 11.1 Å². The highest BCUT2D eigenvalue weighted by molar-refractivity contribution is 8.16. The highest BCUT2D eigenvalue weighted by Gasteiger charge is 2.17. The number of nitrogens with zero attached hydrogens (tertiary/aromatic N) is 1. The fraction of sp³-hybridized carbons (Fsp3) is 0.480. The van der Waals surface area contributed by atoms with Gasteiger partial charge in [0.25, 0.3) is 5.91 Å². The standard InChI is InChI=1S/C25H32N2O3S2/c1-19-16-27(10-11-29-19)17-21-5-2-4-20(14-21)15-26-24(28)18-30-23-8-6-22(7-9-23)25-31-12-3-13-32-25/h2,4-9,14,19,25H,3,10-13,15-18H2,1H3,(H,26,28). The maximum absolute atomic E-state index is 12.3. The minimum Gasteiger partial charge on any atom is -0.484 e. The molecule has 0 spiro atoms. The van der Waals surface area contributed by atoms with Gasteiger partial charge < -0.3 is 14.8 Å². The fourth-order valence-corrected chi connectivity index (χ4v) is 6.83. The van der Waals surface area contributed by atoms with Gasteiger partial charge >= 0.3 is 0 Å². The molecule has 2 aliphatic heterocycles. The molecule has 0 aromatic heterocycles. The van der Waals surface area contributed by atoms with E-state index in [4.69, 9.17) is 9.47 Å². The summed E-state index contributed by atoms with van der Waals surface area (Å²) in [4.78, 5) is 14.7. The van der Waals surface area contributed by atoms with Gasteiger partial charge in [-0.15, -0.1) is 23.5 Å². The third kappa shape index (κ3) is 7.17. The van der Waals surface area contributed by atoms with E-state index in [0.717, 1.165) is 37.6 Å². The molecular weight excluding hydrogens is 440 g/mol. The first-order chi connectivity index (χ1) is 15.7. The second kappa shape index (κ2) is 12.0. The van der Waals surface area contributed by atoms with E-state index in [1.807, 2.05) is 41.7 Å². The van der Waals surface area contributed by atoms with Crippen LogP contribution in [-0.2, 0) is 22.6 Å². The van der Waals surface area contributed by atoms with Crippen molar-refractivity contribution in [2.24, 2.45) is 0 Å². The lowest BCUT2D eigenvalue weighted by atomic mass is 10.1. The predicted molar refractivity (Wildman–Crippen MR) is 133 cm³/mol. The molecule has 5 nitrogen and oxygen atoms in total. The number of morpholine rings is 1. The minimum absolute atomic E-state index is 0.0254. The van der Waals surface area contributed by atoms with E-state index >= 15 is 0 Å². The van der Waals surface area contributed by atoms with E-state index in [9.17, 15) is 4.79 Å². The molecule has 2 saturated heterocycles. The highest BCUT2D eigenvalue weighted by Crippen LogP contribution is 2.43. The molecule has 2 aromatic rings. The molecule has 0 radical (unpaired) electrons. The Morgan fingerprint density at radius 2 is 1.94 bits per heavy atom. The van der Waals surface area contributed by atoms with Crippen LogP contribution in [0.15, 0.2) is 48.5 Å². The Bertz CT molecular complexity index is 872. The van der Waals surface area contributed by atoms with Crippen LogP contribution >= 0.6 is 23.5 Å². The number of ether oxygens (including phenoxy) is 2. The van der Waals surface area contributed by atoms with Gasteiger partial charge in [0.15, 0.2) is 6.61 Å². The number of carbonyl (C=O) groups is 1. The van der Waals surface area contributed by atoms with E-state index < -0.39 is 0 Å². The number of hydrogen-bond donors (Lipinski definition) is 1. The number of hydrogen-bond acceptors (Lipinski definition) is 6. The Morgan fingerprint density at radius 3 is 2.72 bits per heavy atom. The van der Waals surface area contributed by atoms with Crippen molar-refractivity contribution in [3.63, 3.8) is 0 Å². The van der Waals surface area contributed by atoms with Crippen molar-refractivity contribution in [2.75, 3.05) is 37.8 Å². The number of amides is 1. The monoisotopic (exact) mass is 472 g/mol. The normalized spacial score (nSPS) is 20.1. The Hall–Kier alpha value is -1.67. The van der Waals surface area contributed by atoms with Crippen LogP contribution in [0.4, 0.5) is 0 Å². The summed E-state index contributed by atoms with van der Waals surface area (Å²) in [5.41, 5.74) is 3.68. The van der Waals surface area contributed by atoms with Gasteiger partial charge in [0.2, 0.25) is 0 Å². The summed E-state index contributed by atoms with van der Waals surface area (Å²) in [5.74, 6) is 3.08. The molecular formula is C25H32N2O3S2. The van der Waals surface area contributed by atoms with Crippen LogP contribution in [0.3, 0.4) is 0 Å². The maximum atomic E-state index is 12.3. The van der Waals surface area contributed by atoms with Crippen molar-refractivity contribution in [3.05, 3.63) is 65.2 Å². The number of thioether (sulfide) groups is 2. The summed E-state index contributed by atoms with van der Waals surface area (Å²) in [6.07, 6.45) is 1.58. The van der Waals surface area contributed by atoms with Crippen LogP contribution in [0.5, 0.6) is 5.75 Å². The molecule has 32 heavy (non-hydrogen) atoms. The third-order valence-electron chi connectivity index (χ3n) is 5.56. The third-order valence-corrected chi connectivity index (χ3v) is 8.58. The fourth-order valence-electron chi connectivity index (χ4n) is 3.93. The van der Waals surface area contributed by atoms with Crippen LogP contribution in [-0.4, -0.2) is 54.7 Å². The van der Waals surface area contributed by atoms with Crippen molar-refractivity contribution >= 4 is 29.4 Å². The van der Waals surface area contributed by atoms with Gasteiger partial charge in [-0.3, -0.25) is 9.69 Å². The van der Waals surface area contributed by atoms with E-state index in [1.165, 1.54) is 29.1 Å². The lowest BCUT2D eigenvalue weighted by Crippen LogP contribution is -2.40. The van der Waals surface area contributed by atoms with E-state index in [2.05, 4.69) is 47.5 Å². The molecule has 2 fully saturated rings. The molecule has 2 aliphatic rings. The number of rotatable bonds is 8. The smallest absolute Gasteiger partial charge is 0.258 e. The maximum Gasteiger partial charge on any atom is 0.258 e. The summed E-state index contributed by atoms with van der Waals surface area (Å²) in [5, 5.41) is 2.97. The molecule has 4 rings (SSSR count). The summed E-state index contributed by atoms with van der Waals surface area (Å²) < 4.78 is 11.8. The number of carbonyl (C=O) groups excluding carboxylic acids is 1. The zero-order chi connectivity index (χ0) is 22.2. The molecule has 1 N–H and O–H groups in total. The van der Waals surface area contributed by atoms with Crippen molar-refractivity contribution in [1.82, 2.24) is 10.2 Å². The van der Waals surface area contributed by atoms with Crippen molar-refractivity contribution in [2.45, 2.75) is 37.1 Å². The highest BCUT2D eigenvalue weighted by atomic mass is 32.2. The molecule has 2 heterocycles. The average molecular weight is 473 g/mol. The number of nitrogens with one attached hydrogen (secondary N) is 1. The van der Waals surface area contributed by atoms with Gasteiger partial charge in [0, 0.05) is 26.2 Å². The van der Waals surface area contributed by atoms with Crippen LogP contribution in [0.2, 0.25) is 0 Å². The van der Waals surface area contributed by atoms with Gasteiger partial charge in [-0.25, -0.2) is 0 Å². The molecule has 7 heteroatoms. The van der Waals surface area contributed by atoms with Crippen LogP contribution < -0.4 is 10.1 Å². The van der Waals surface area contributed by atoms with Crippen molar-refractivity contribution < 1.29 is 14.3 Å². The average Bonchev–Trinajstić information content (AvgIpc) is 2.83. The first-order valence-electron chi connectivity index (χ1n) is 11.3. The second-order valence-corrected chi connectivity index (χ2v) is 11.0. The van der Waals surface area contributed by atoms with E-state index in [-0.39, 0.29) is 18.6 Å². The predicted octanol–water partition coefficient (Wildman–Crippen LogP) is 4.47. The first kappa shape index (κ1) is 23.5. The summed E-state index contributed by atoms with van der Waals surface area (Å²) in [7, 11) is 0. The first-order valence-corrected chi connectivity index (χ1v) is 13.4. The van der Waals surface area contributed by atoms with E-state index in [1.54, 1.807) is 0 Å². The molecule has 2 aromatic carbocycles. The van der Waals surface area contributed by atoms with Crippen LogP contribution in [0.25, 0.3) is 0 Å². The SMILES string of the molecule is CC1CN(Cc2cccc(CNC(=O)COc3ccc(C4SCCCS4)cc3)c2)CCO1. The molecule has 0 saturated carbocycles. The lowest BCUT2D eigenvalue weighted by Gasteiger charge is -2.31. The zero-order valence-corrected chi connectivity index (χ0v) is 20.3. The lowest BCUT2D eigenvalue weighted by molar-refractivity contribution is -0.123. The van der Waals surface area contributed by atoms with Gasteiger partial charge in [0.05, 0.1) is 17.3 Å². The number of benzene rings is 2. The van der Waals surface area contributed by atoms with Crippen molar-refractivity contribution in [1.29, 1.82) is 0 Å². The Morgan fingerprint density at radius 1 is 1.16 bits per heavy atom. The second-order valence-electron chi connectivity index (χ2n) is 8.30. The molecule has 172 valence electrons. The Kier molecular flexibility index (Phi) is 8.79. The van der Waals surface area contributed by atoms with Gasteiger partial charge in [0.1, 0.15) is 5.75 Å². The van der Waals surface area contributed by atoms with Gasteiger partial charge in [-0.1, -0.05) is 36.4 Å². The topological polar surface area (TPSA) is 50.8 Å². The minimum atomic E-state index is -0.111. The van der Waals surface area contributed by atoms with Gasteiger partial charge in [-0.2, -0.15) is 0 Å². The Balaban J connectivity index is 1.20. The van der Waals surface area contributed by atoms with Gasteiger partial charge in [-0.05, 0) is 53.7 Å². The molecule has 1 amide bonds. The van der Waals surface area contributed by atoms with Crippen LogP contribution in [0, 0.1) is 0 Å². The summed E-state index contributed by atoms with van der Waals surface area (Å²) in [6.45, 7) is 6.26. The largest absolute Gasteiger partial charge is 0.484 e. The summed E-state index contributed by atoms with van der Waals surface area (Å²) >= 11 is 4.01. The summed E-state index contributed by atoms with van der Waals surface area (Å²) in [6, 6.07) is 16.6. The molecule has 1 unspecified atom stereocenters. The Labute approximate surface area is 199 Å². The van der Waals surface area contributed by atoms with Crippen LogP contribution in [0.1, 0.15) is 34.6 Å². The molecule has 1 atom stereocenters.